The fraction of sp³-hybridized carbons (Fsp3) is 0.455. The minimum Gasteiger partial charge on any atom is -0.381 e. The lowest BCUT2D eigenvalue weighted by molar-refractivity contribution is -0.144. The van der Waals surface area contributed by atoms with Crippen molar-refractivity contribution >= 4 is 11.8 Å². The van der Waals surface area contributed by atoms with Crippen LogP contribution in [0.15, 0.2) is 48.8 Å². The van der Waals surface area contributed by atoms with Crippen molar-refractivity contribution in [2.24, 2.45) is 0 Å². The van der Waals surface area contributed by atoms with E-state index in [0.29, 0.717) is 32.6 Å². The SMILES string of the molecule is CNC(=O)[C@@H]1Cc2ccccc2CN1C(=O)CC1(n2cccc2)CCOCC1. The number of carbonyl (C=O) groups excluding carboxylic acids is 2. The first kappa shape index (κ1) is 18.7. The number of aromatic nitrogens is 1. The number of likely N-dealkylation sites (N-methyl/N-ethyl adjacent to an activating group) is 1. The molecule has 0 spiro atoms. The highest BCUT2D eigenvalue weighted by molar-refractivity contribution is 5.88. The highest BCUT2D eigenvalue weighted by Crippen LogP contribution is 2.35. The number of benzene rings is 1. The monoisotopic (exact) mass is 381 g/mol. The standard InChI is InChI=1S/C22H27N3O3/c1-23-21(27)19-14-17-6-2-3-7-18(17)16-25(19)20(26)15-22(8-12-28-13-9-22)24-10-4-5-11-24/h2-7,10-11,19H,8-9,12-16H2,1H3,(H,23,27)/t19-/m0/s1. The summed E-state index contributed by atoms with van der Waals surface area (Å²) in [5.74, 6) is -0.0800. The van der Waals surface area contributed by atoms with Gasteiger partial charge in [-0.2, -0.15) is 0 Å². The second-order valence-electron chi connectivity index (χ2n) is 7.73. The lowest BCUT2D eigenvalue weighted by atomic mass is 9.84. The Morgan fingerprint density at radius 1 is 1.11 bits per heavy atom. The van der Waals surface area contributed by atoms with Gasteiger partial charge in [-0.05, 0) is 36.1 Å². The van der Waals surface area contributed by atoms with Crippen LogP contribution in [0, 0.1) is 0 Å². The van der Waals surface area contributed by atoms with Crippen molar-refractivity contribution in [3.8, 4) is 0 Å². The van der Waals surface area contributed by atoms with Crippen LogP contribution in [-0.4, -0.2) is 47.6 Å². The van der Waals surface area contributed by atoms with E-state index in [2.05, 4.69) is 9.88 Å². The molecule has 148 valence electrons. The average molecular weight is 381 g/mol. The third-order valence-electron chi connectivity index (χ3n) is 6.17. The van der Waals surface area contributed by atoms with Gasteiger partial charge in [0, 0.05) is 45.6 Å². The Kier molecular flexibility index (Phi) is 5.22. The number of carbonyl (C=O) groups is 2. The van der Waals surface area contributed by atoms with Crippen LogP contribution in [0.4, 0.5) is 0 Å². The van der Waals surface area contributed by atoms with Crippen molar-refractivity contribution in [1.82, 2.24) is 14.8 Å². The molecular formula is C22H27N3O3. The molecule has 1 N–H and O–H groups in total. The van der Waals surface area contributed by atoms with E-state index in [1.165, 1.54) is 0 Å². The Morgan fingerprint density at radius 2 is 1.79 bits per heavy atom. The van der Waals surface area contributed by atoms with Crippen LogP contribution in [0.3, 0.4) is 0 Å². The van der Waals surface area contributed by atoms with E-state index in [9.17, 15) is 9.59 Å². The Labute approximate surface area is 165 Å². The molecule has 28 heavy (non-hydrogen) atoms. The molecule has 1 fully saturated rings. The van der Waals surface area contributed by atoms with Gasteiger partial charge in [0.05, 0.1) is 12.0 Å². The molecule has 0 unspecified atom stereocenters. The molecule has 0 aliphatic carbocycles. The van der Waals surface area contributed by atoms with Gasteiger partial charge >= 0.3 is 0 Å². The minimum atomic E-state index is -0.464. The van der Waals surface area contributed by atoms with Crippen LogP contribution in [0.1, 0.15) is 30.4 Å². The largest absolute Gasteiger partial charge is 0.381 e. The normalized spacial score (nSPS) is 21.0. The number of hydrogen-bond acceptors (Lipinski definition) is 3. The molecule has 2 aliphatic rings. The smallest absolute Gasteiger partial charge is 0.242 e. The van der Waals surface area contributed by atoms with Crippen molar-refractivity contribution in [3.05, 3.63) is 59.9 Å². The quantitative estimate of drug-likeness (QED) is 0.882. The van der Waals surface area contributed by atoms with E-state index in [1.54, 1.807) is 11.9 Å². The molecular weight excluding hydrogens is 354 g/mol. The predicted molar refractivity (Wildman–Crippen MR) is 106 cm³/mol. The summed E-state index contributed by atoms with van der Waals surface area (Å²) in [6.07, 6.45) is 6.58. The fourth-order valence-corrected chi connectivity index (χ4v) is 4.50. The number of nitrogens with one attached hydrogen (secondary N) is 1. The number of nitrogens with zero attached hydrogens (tertiary/aromatic N) is 2. The van der Waals surface area contributed by atoms with E-state index in [0.717, 1.165) is 24.0 Å². The zero-order chi connectivity index (χ0) is 19.6. The summed E-state index contributed by atoms with van der Waals surface area (Å²) in [7, 11) is 1.63. The van der Waals surface area contributed by atoms with Crippen LogP contribution in [0.2, 0.25) is 0 Å². The maximum Gasteiger partial charge on any atom is 0.242 e. The summed E-state index contributed by atoms with van der Waals surface area (Å²) in [5, 5.41) is 2.73. The second-order valence-corrected chi connectivity index (χ2v) is 7.73. The molecule has 2 aromatic rings. The summed E-state index contributed by atoms with van der Waals surface area (Å²) in [6.45, 7) is 1.77. The van der Waals surface area contributed by atoms with Gasteiger partial charge in [0.15, 0.2) is 0 Å². The molecule has 2 aliphatic heterocycles. The molecule has 0 saturated carbocycles. The number of amides is 2. The molecule has 6 nitrogen and oxygen atoms in total. The van der Waals surface area contributed by atoms with Crippen molar-refractivity contribution in [3.63, 3.8) is 0 Å². The Morgan fingerprint density at radius 3 is 2.46 bits per heavy atom. The van der Waals surface area contributed by atoms with Gasteiger partial charge in [-0.25, -0.2) is 0 Å². The molecule has 6 heteroatoms. The summed E-state index contributed by atoms with van der Waals surface area (Å²) in [6, 6.07) is 11.6. The van der Waals surface area contributed by atoms with Gasteiger partial charge in [-0.15, -0.1) is 0 Å². The second kappa shape index (κ2) is 7.80. The third-order valence-corrected chi connectivity index (χ3v) is 6.17. The Bertz CT molecular complexity index is 840. The highest BCUT2D eigenvalue weighted by Gasteiger charge is 2.41. The molecule has 0 bridgehead atoms. The van der Waals surface area contributed by atoms with Gasteiger partial charge < -0.3 is 19.5 Å². The van der Waals surface area contributed by atoms with Crippen LogP contribution in [0.25, 0.3) is 0 Å². The molecule has 2 amide bonds. The van der Waals surface area contributed by atoms with E-state index in [1.807, 2.05) is 48.8 Å². The number of rotatable bonds is 4. The van der Waals surface area contributed by atoms with Gasteiger partial charge in [-0.1, -0.05) is 24.3 Å². The van der Waals surface area contributed by atoms with Crippen LogP contribution >= 0.6 is 0 Å². The lowest BCUT2D eigenvalue weighted by Gasteiger charge is -2.42. The maximum atomic E-state index is 13.5. The Hall–Kier alpha value is -2.60. The number of hydrogen-bond donors (Lipinski definition) is 1. The summed E-state index contributed by atoms with van der Waals surface area (Å²) >= 11 is 0. The summed E-state index contributed by atoms with van der Waals surface area (Å²) in [4.78, 5) is 27.8. The van der Waals surface area contributed by atoms with Crippen molar-refractivity contribution in [1.29, 1.82) is 0 Å². The topological polar surface area (TPSA) is 63.6 Å². The summed E-state index contributed by atoms with van der Waals surface area (Å²) in [5.41, 5.74) is 1.98. The molecule has 4 rings (SSSR count). The van der Waals surface area contributed by atoms with Crippen LogP contribution < -0.4 is 5.32 Å². The van der Waals surface area contributed by atoms with Gasteiger partial charge in [0.1, 0.15) is 6.04 Å². The van der Waals surface area contributed by atoms with Crippen molar-refractivity contribution in [2.45, 2.75) is 43.8 Å². The van der Waals surface area contributed by atoms with Gasteiger partial charge in [0.25, 0.3) is 0 Å². The third kappa shape index (κ3) is 3.44. The summed E-state index contributed by atoms with van der Waals surface area (Å²) < 4.78 is 7.72. The highest BCUT2D eigenvalue weighted by atomic mass is 16.5. The van der Waals surface area contributed by atoms with Crippen molar-refractivity contribution in [2.75, 3.05) is 20.3 Å². The molecule has 0 radical (unpaired) electrons. The molecule has 1 atom stereocenters. The molecule has 1 aromatic heterocycles. The predicted octanol–water partition coefficient (Wildman–Crippen LogP) is 2.08. The molecule has 3 heterocycles. The van der Waals surface area contributed by atoms with E-state index in [-0.39, 0.29) is 17.4 Å². The minimum absolute atomic E-state index is 0.0266. The van der Waals surface area contributed by atoms with Gasteiger partial charge in [-0.3, -0.25) is 9.59 Å². The average Bonchev–Trinajstić information content (AvgIpc) is 3.28. The number of fused-ring (bicyclic) bond motifs is 1. The number of ether oxygens (including phenoxy) is 1. The maximum absolute atomic E-state index is 13.5. The first-order valence-electron chi connectivity index (χ1n) is 9.92. The first-order chi connectivity index (χ1) is 13.6. The lowest BCUT2D eigenvalue weighted by Crippen LogP contribution is -2.54. The zero-order valence-electron chi connectivity index (χ0n) is 16.3. The van der Waals surface area contributed by atoms with Crippen molar-refractivity contribution < 1.29 is 14.3 Å². The molecule has 1 saturated heterocycles. The van der Waals surface area contributed by atoms with Crippen LogP contribution in [0.5, 0.6) is 0 Å². The fourth-order valence-electron chi connectivity index (χ4n) is 4.50. The molecule has 1 aromatic carbocycles. The Balaban J connectivity index is 1.62. The zero-order valence-corrected chi connectivity index (χ0v) is 16.3. The van der Waals surface area contributed by atoms with Crippen LogP contribution in [-0.2, 0) is 32.8 Å². The first-order valence-corrected chi connectivity index (χ1v) is 9.92. The van der Waals surface area contributed by atoms with E-state index < -0.39 is 6.04 Å². The van der Waals surface area contributed by atoms with E-state index >= 15 is 0 Å². The van der Waals surface area contributed by atoms with E-state index in [4.69, 9.17) is 4.74 Å². The van der Waals surface area contributed by atoms with Gasteiger partial charge in [0.2, 0.25) is 11.8 Å².